The van der Waals surface area contributed by atoms with Gasteiger partial charge in [-0.25, -0.2) is 4.39 Å². The second kappa shape index (κ2) is 5.20. The zero-order valence-electron chi connectivity index (χ0n) is 5.58. The molecule has 0 aromatic heterocycles. The zero-order valence-corrected chi connectivity index (χ0v) is 5.58. The highest BCUT2D eigenvalue weighted by molar-refractivity contribution is 4.39. The molecule has 0 heterocycles. The van der Waals surface area contributed by atoms with Crippen LogP contribution < -0.4 is 0 Å². The van der Waals surface area contributed by atoms with Gasteiger partial charge in [-0.1, -0.05) is 0 Å². The van der Waals surface area contributed by atoms with E-state index in [1.807, 2.05) is 0 Å². The van der Waals surface area contributed by atoms with Gasteiger partial charge in [0.2, 0.25) is 0 Å². The van der Waals surface area contributed by atoms with Crippen LogP contribution in [0, 0.1) is 0 Å². The molecule has 0 aliphatic carbocycles. The number of aliphatic hydroxyl groups is 2. The van der Waals surface area contributed by atoms with E-state index in [-0.39, 0.29) is 0 Å². The summed E-state index contributed by atoms with van der Waals surface area (Å²) in [5, 5.41) is 14.4. The minimum absolute atomic E-state index is 1.73. The molecule has 2 N–H and O–H groups in total. The summed E-state index contributed by atoms with van der Waals surface area (Å²) in [6, 6.07) is 0. The molecule has 0 saturated carbocycles. The van der Waals surface area contributed by atoms with Gasteiger partial charge < -0.3 is 10.2 Å². The monoisotopic (exact) mass is 200 g/mol. The minimum atomic E-state index is -4.40. The maximum absolute atomic E-state index is 10.6. The molecule has 2 nitrogen and oxygen atoms in total. The first-order valence-electron chi connectivity index (χ1n) is 2.46. The van der Waals surface area contributed by atoms with Gasteiger partial charge in [0.15, 0.2) is 6.67 Å². The molecule has 12 heavy (non-hydrogen) atoms. The lowest BCUT2D eigenvalue weighted by Crippen LogP contribution is -2.15. The van der Waals surface area contributed by atoms with Crippen LogP contribution in [0.15, 0.2) is 0 Å². The Morgan fingerprint density at radius 1 is 1.00 bits per heavy atom. The Bertz CT molecular complexity index is 91.1. The second-order valence-corrected chi connectivity index (χ2v) is 1.57. The van der Waals surface area contributed by atoms with Crippen molar-refractivity contribution in [3.8, 4) is 0 Å². The fraction of sp³-hybridized carbons (Fsp3) is 1.00. The molecule has 0 unspecified atom stereocenters. The van der Waals surface area contributed by atoms with Crippen molar-refractivity contribution in [2.75, 3.05) is 13.3 Å². The van der Waals surface area contributed by atoms with Crippen LogP contribution in [0.3, 0.4) is 0 Å². The highest BCUT2D eigenvalue weighted by atomic mass is 19.4. The summed E-state index contributed by atoms with van der Waals surface area (Å²) < 4.78 is 63.4. The highest BCUT2D eigenvalue weighted by Gasteiger charge is 2.24. The number of aliphatic hydroxyl groups excluding tert-OH is 1. The van der Waals surface area contributed by atoms with Crippen molar-refractivity contribution >= 4 is 0 Å². The average molecular weight is 200 g/mol. The Labute approximate surface area is 63.4 Å². The summed E-state index contributed by atoms with van der Waals surface area (Å²) in [7, 11) is 0. The van der Waals surface area contributed by atoms with E-state index in [1.54, 1.807) is 0 Å². The number of alkyl halides is 6. The van der Waals surface area contributed by atoms with E-state index < -0.39 is 25.6 Å². The van der Waals surface area contributed by atoms with Crippen LogP contribution in [0.5, 0.6) is 0 Å². The number of halogens is 6. The molecule has 0 saturated heterocycles. The molecule has 0 fully saturated rings. The van der Waals surface area contributed by atoms with Gasteiger partial charge in [-0.3, -0.25) is 0 Å². The maximum Gasteiger partial charge on any atom is 0.411 e. The van der Waals surface area contributed by atoms with Crippen LogP contribution in [0.2, 0.25) is 0 Å². The number of hydrogen-bond donors (Lipinski definition) is 2. The predicted octanol–water partition coefficient (Wildman–Crippen LogP) is 1.08. The Morgan fingerprint density at radius 2 is 1.17 bits per heavy atom. The van der Waals surface area contributed by atoms with Crippen molar-refractivity contribution in [2.24, 2.45) is 0 Å². The molecular formula is C4H6F6O2. The summed E-state index contributed by atoms with van der Waals surface area (Å²) >= 11 is 0. The van der Waals surface area contributed by atoms with Crippen molar-refractivity contribution in [2.45, 2.75) is 12.3 Å². The molecule has 0 spiro atoms. The molecule has 76 valence electrons. The lowest BCUT2D eigenvalue weighted by Gasteiger charge is -1.97. The van der Waals surface area contributed by atoms with Crippen molar-refractivity contribution in [1.29, 1.82) is 0 Å². The van der Waals surface area contributed by atoms with E-state index in [2.05, 4.69) is 0 Å². The third-order valence-electron chi connectivity index (χ3n) is 0.340. The quantitative estimate of drug-likeness (QED) is 0.622. The minimum Gasteiger partial charge on any atom is -0.387 e. The van der Waals surface area contributed by atoms with Gasteiger partial charge >= 0.3 is 12.3 Å². The van der Waals surface area contributed by atoms with Crippen molar-refractivity contribution < 1.29 is 36.6 Å². The van der Waals surface area contributed by atoms with Crippen LogP contribution in [-0.2, 0) is 0 Å². The van der Waals surface area contributed by atoms with E-state index in [1.165, 1.54) is 0 Å². The highest BCUT2D eigenvalue weighted by Crippen LogP contribution is 2.11. The topological polar surface area (TPSA) is 40.5 Å². The van der Waals surface area contributed by atoms with Gasteiger partial charge in [0.1, 0.15) is 6.61 Å². The summed E-state index contributed by atoms with van der Waals surface area (Å²) in [4.78, 5) is 0. The van der Waals surface area contributed by atoms with E-state index >= 15 is 0 Å². The van der Waals surface area contributed by atoms with Gasteiger partial charge in [0, 0.05) is 0 Å². The maximum atomic E-state index is 10.6. The van der Waals surface area contributed by atoms with Crippen molar-refractivity contribution in [3.05, 3.63) is 0 Å². The van der Waals surface area contributed by atoms with Gasteiger partial charge in [-0.05, 0) is 0 Å². The molecule has 0 atom stereocenters. The summed E-state index contributed by atoms with van der Waals surface area (Å²) in [6.07, 6.45) is -8.53. The Hall–Kier alpha value is -0.500. The van der Waals surface area contributed by atoms with Crippen LogP contribution in [0.25, 0.3) is 0 Å². The molecule has 0 aliphatic heterocycles. The Kier molecular flexibility index (Phi) is 6.09. The van der Waals surface area contributed by atoms with Crippen LogP contribution in [0.1, 0.15) is 0 Å². The first-order chi connectivity index (χ1) is 5.12. The molecule has 0 amide bonds. The number of rotatable bonds is 1. The molecular weight excluding hydrogens is 194 g/mol. The molecule has 0 aromatic carbocycles. The Morgan fingerprint density at radius 3 is 1.17 bits per heavy atom. The third-order valence-corrected chi connectivity index (χ3v) is 0.340. The molecule has 0 bridgehead atoms. The third kappa shape index (κ3) is 22.7. The van der Waals surface area contributed by atoms with Crippen LogP contribution >= 0.6 is 0 Å². The van der Waals surface area contributed by atoms with E-state index in [9.17, 15) is 26.3 Å². The predicted molar refractivity (Wildman–Crippen MR) is 26.3 cm³/mol. The van der Waals surface area contributed by atoms with Gasteiger partial charge in [0.05, 0.1) is 0 Å². The van der Waals surface area contributed by atoms with Gasteiger partial charge in [0.25, 0.3) is 0 Å². The SMILES string of the molecule is OC(F)(F)CF.OCC(F)(F)F. The van der Waals surface area contributed by atoms with E-state index in [4.69, 9.17) is 10.2 Å². The van der Waals surface area contributed by atoms with E-state index in [0.29, 0.717) is 0 Å². The largest absolute Gasteiger partial charge is 0.411 e. The fourth-order valence-corrected chi connectivity index (χ4v) is 0. The summed E-state index contributed by atoms with van der Waals surface area (Å²) in [6.45, 7) is -3.74. The lowest BCUT2D eigenvalue weighted by molar-refractivity contribution is -0.208. The van der Waals surface area contributed by atoms with Gasteiger partial charge in [-0.2, -0.15) is 22.0 Å². The standard InChI is InChI=1S/2C2H3F3O/c3-2(4,5)1-6;3-1-2(4,5)6/h2*6H,1H2. The first-order valence-corrected chi connectivity index (χ1v) is 2.46. The van der Waals surface area contributed by atoms with Crippen LogP contribution in [0.4, 0.5) is 26.3 Å². The van der Waals surface area contributed by atoms with Crippen molar-refractivity contribution in [1.82, 2.24) is 0 Å². The molecule has 0 rings (SSSR count). The van der Waals surface area contributed by atoms with Gasteiger partial charge in [-0.15, -0.1) is 0 Å². The zero-order chi connectivity index (χ0) is 10.4. The molecule has 0 radical (unpaired) electrons. The smallest absolute Gasteiger partial charge is 0.387 e. The summed E-state index contributed by atoms with van der Waals surface area (Å²) in [5.41, 5.74) is 0. The van der Waals surface area contributed by atoms with Crippen molar-refractivity contribution in [3.63, 3.8) is 0 Å². The summed E-state index contributed by atoms with van der Waals surface area (Å²) in [5.74, 6) is 0. The van der Waals surface area contributed by atoms with Crippen LogP contribution in [-0.4, -0.2) is 35.8 Å². The average Bonchev–Trinajstić information content (AvgIpc) is 1.86. The second-order valence-electron chi connectivity index (χ2n) is 1.57. The fourth-order valence-electron chi connectivity index (χ4n) is 0. The van der Waals surface area contributed by atoms with E-state index in [0.717, 1.165) is 0 Å². The number of hydrogen-bond acceptors (Lipinski definition) is 2. The Balaban J connectivity index is 0. The first kappa shape index (κ1) is 14.0. The normalized spacial score (nSPS) is 12.0. The molecule has 0 aromatic rings. The molecule has 8 heteroatoms. The molecule has 0 aliphatic rings. The lowest BCUT2D eigenvalue weighted by atomic mass is 10.7.